The van der Waals surface area contributed by atoms with Gasteiger partial charge in [0.15, 0.2) is 0 Å². The largest absolute Gasteiger partial charge is 0.392 e. The lowest BCUT2D eigenvalue weighted by Crippen LogP contribution is -2.23. The summed E-state index contributed by atoms with van der Waals surface area (Å²) in [6.45, 7) is 3.77. The van der Waals surface area contributed by atoms with Gasteiger partial charge in [0.05, 0.1) is 18.2 Å². The van der Waals surface area contributed by atoms with Crippen molar-refractivity contribution in [2.75, 3.05) is 5.32 Å². The van der Waals surface area contributed by atoms with Gasteiger partial charge in [-0.15, -0.1) is 0 Å². The molecule has 0 bridgehead atoms. The Morgan fingerprint density at radius 3 is 2.55 bits per heavy atom. The number of aliphatic hydroxyl groups excluding tert-OH is 1. The van der Waals surface area contributed by atoms with Gasteiger partial charge in [0, 0.05) is 11.9 Å². The van der Waals surface area contributed by atoms with Crippen LogP contribution in [0.2, 0.25) is 0 Å². The first-order valence-corrected chi connectivity index (χ1v) is 6.64. The monoisotopic (exact) mass is 273 g/mol. The van der Waals surface area contributed by atoms with E-state index in [9.17, 15) is 9.90 Å². The lowest BCUT2D eigenvalue weighted by molar-refractivity contribution is -0.118. The molecule has 0 aliphatic heterocycles. The van der Waals surface area contributed by atoms with Gasteiger partial charge >= 0.3 is 0 Å². The van der Waals surface area contributed by atoms with Crippen LogP contribution in [0.4, 0.5) is 5.69 Å². The number of nitrogens with one attached hydrogen (secondary N) is 2. The number of H-pyrrole nitrogens is 1. The highest BCUT2D eigenvalue weighted by Crippen LogP contribution is 2.19. The van der Waals surface area contributed by atoms with E-state index in [4.69, 9.17) is 0 Å². The first-order valence-electron chi connectivity index (χ1n) is 6.64. The topological polar surface area (TPSA) is 78.0 Å². The zero-order chi connectivity index (χ0) is 14.5. The van der Waals surface area contributed by atoms with E-state index in [1.54, 1.807) is 6.20 Å². The summed E-state index contributed by atoms with van der Waals surface area (Å²) in [5, 5.41) is 19.2. The van der Waals surface area contributed by atoms with E-state index < -0.39 is 6.10 Å². The number of anilines is 1. The third-order valence-corrected chi connectivity index (χ3v) is 3.14. The average Bonchev–Trinajstić information content (AvgIpc) is 2.93. The van der Waals surface area contributed by atoms with Crippen molar-refractivity contribution in [3.8, 4) is 11.3 Å². The SMILES string of the molecule is CC(C)C(O)CC(=O)Nc1ccc(-c2ccn[nH]2)cc1. The van der Waals surface area contributed by atoms with E-state index in [2.05, 4.69) is 15.5 Å². The molecule has 5 heteroatoms. The lowest BCUT2D eigenvalue weighted by Gasteiger charge is -2.14. The van der Waals surface area contributed by atoms with Crippen LogP contribution < -0.4 is 5.32 Å². The van der Waals surface area contributed by atoms with Crippen molar-refractivity contribution in [2.45, 2.75) is 26.4 Å². The van der Waals surface area contributed by atoms with E-state index in [-0.39, 0.29) is 18.2 Å². The van der Waals surface area contributed by atoms with Crippen LogP contribution in [0.3, 0.4) is 0 Å². The molecule has 0 saturated heterocycles. The van der Waals surface area contributed by atoms with Gasteiger partial charge in [0.2, 0.25) is 5.91 Å². The zero-order valence-electron chi connectivity index (χ0n) is 11.6. The number of hydrogen-bond donors (Lipinski definition) is 3. The summed E-state index contributed by atoms with van der Waals surface area (Å²) in [5.74, 6) is -0.107. The molecule has 0 radical (unpaired) electrons. The van der Waals surface area contributed by atoms with Gasteiger partial charge in [0.25, 0.3) is 0 Å². The minimum atomic E-state index is -0.612. The smallest absolute Gasteiger partial charge is 0.226 e. The molecular formula is C15H19N3O2. The van der Waals surface area contributed by atoms with Crippen LogP contribution in [0.5, 0.6) is 0 Å². The first kappa shape index (κ1) is 14.3. The zero-order valence-corrected chi connectivity index (χ0v) is 11.6. The van der Waals surface area contributed by atoms with E-state index in [1.165, 1.54) is 0 Å². The molecule has 1 atom stereocenters. The summed E-state index contributed by atoms with van der Waals surface area (Å²) in [7, 11) is 0. The molecule has 1 heterocycles. The highest BCUT2D eigenvalue weighted by atomic mass is 16.3. The molecule has 3 N–H and O–H groups in total. The van der Waals surface area contributed by atoms with Crippen LogP contribution in [0.15, 0.2) is 36.5 Å². The number of aromatic nitrogens is 2. The van der Waals surface area contributed by atoms with Gasteiger partial charge in [-0.25, -0.2) is 0 Å². The van der Waals surface area contributed by atoms with Crippen LogP contribution in [0.1, 0.15) is 20.3 Å². The second kappa shape index (κ2) is 6.34. The van der Waals surface area contributed by atoms with Crippen molar-refractivity contribution in [1.82, 2.24) is 10.2 Å². The van der Waals surface area contributed by atoms with Crippen molar-refractivity contribution in [3.63, 3.8) is 0 Å². The van der Waals surface area contributed by atoms with Gasteiger partial charge in [0.1, 0.15) is 0 Å². The van der Waals surface area contributed by atoms with E-state index in [0.717, 1.165) is 11.3 Å². The molecule has 20 heavy (non-hydrogen) atoms. The third kappa shape index (κ3) is 3.68. The minimum Gasteiger partial charge on any atom is -0.392 e. The highest BCUT2D eigenvalue weighted by molar-refractivity contribution is 5.91. The standard InChI is InChI=1S/C15H19N3O2/c1-10(2)14(19)9-15(20)17-12-5-3-11(4-6-12)13-7-8-16-18-13/h3-8,10,14,19H,9H2,1-2H3,(H,16,18)(H,17,20). The summed E-state index contributed by atoms with van der Waals surface area (Å²) < 4.78 is 0. The molecule has 1 aromatic carbocycles. The normalized spacial score (nSPS) is 12.4. The predicted molar refractivity (Wildman–Crippen MR) is 78.1 cm³/mol. The molecule has 0 aliphatic rings. The molecule has 0 fully saturated rings. The van der Waals surface area contributed by atoms with Gasteiger partial charge in [-0.2, -0.15) is 5.10 Å². The molecule has 0 spiro atoms. The molecule has 2 rings (SSSR count). The molecule has 106 valence electrons. The van der Waals surface area contributed by atoms with Crippen molar-refractivity contribution >= 4 is 11.6 Å². The van der Waals surface area contributed by atoms with E-state index in [1.807, 2.05) is 44.2 Å². The molecule has 0 aliphatic carbocycles. The van der Waals surface area contributed by atoms with Gasteiger partial charge in [-0.3, -0.25) is 9.89 Å². The van der Waals surface area contributed by atoms with Gasteiger partial charge < -0.3 is 10.4 Å². The number of aromatic amines is 1. The van der Waals surface area contributed by atoms with Crippen molar-refractivity contribution in [1.29, 1.82) is 0 Å². The molecule has 2 aromatic rings. The summed E-state index contributed by atoms with van der Waals surface area (Å²) in [6, 6.07) is 9.35. The predicted octanol–water partition coefficient (Wildman–Crippen LogP) is 2.42. The van der Waals surface area contributed by atoms with Gasteiger partial charge in [-0.1, -0.05) is 26.0 Å². The number of amides is 1. The number of nitrogens with zero attached hydrogens (tertiary/aromatic N) is 1. The molecular weight excluding hydrogens is 254 g/mol. The Hall–Kier alpha value is -2.14. The Labute approximate surface area is 118 Å². The highest BCUT2D eigenvalue weighted by Gasteiger charge is 2.14. The van der Waals surface area contributed by atoms with Crippen LogP contribution in [0, 0.1) is 5.92 Å². The summed E-state index contributed by atoms with van der Waals surface area (Å²) in [6.07, 6.45) is 1.19. The van der Waals surface area contributed by atoms with Crippen LogP contribution in [0.25, 0.3) is 11.3 Å². The molecule has 1 amide bonds. The van der Waals surface area contributed by atoms with Crippen molar-refractivity contribution in [3.05, 3.63) is 36.5 Å². The molecule has 1 aromatic heterocycles. The number of rotatable bonds is 5. The third-order valence-electron chi connectivity index (χ3n) is 3.14. The summed E-state index contributed by atoms with van der Waals surface area (Å²) in [4.78, 5) is 11.8. The maximum absolute atomic E-state index is 11.8. The fourth-order valence-corrected chi connectivity index (χ4v) is 1.79. The maximum Gasteiger partial charge on any atom is 0.226 e. The molecule has 0 saturated carbocycles. The van der Waals surface area contributed by atoms with Crippen molar-refractivity contribution < 1.29 is 9.90 Å². The summed E-state index contributed by atoms with van der Waals surface area (Å²) >= 11 is 0. The molecule has 1 unspecified atom stereocenters. The number of aliphatic hydroxyl groups is 1. The Morgan fingerprint density at radius 1 is 1.30 bits per heavy atom. The first-order chi connectivity index (χ1) is 9.56. The van der Waals surface area contributed by atoms with Crippen LogP contribution >= 0.6 is 0 Å². The van der Waals surface area contributed by atoms with Crippen molar-refractivity contribution in [2.24, 2.45) is 5.92 Å². The Kier molecular flexibility index (Phi) is 4.53. The Balaban J connectivity index is 1.95. The number of carbonyl (C=O) groups excluding carboxylic acids is 1. The number of benzene rings is 1. The average molecular weight is 273 g/mol. The Morgan fingerprint density at radius 2 is 2.00 bits per heavy atom. The number of carbonyl (C=O) groups is 1. The fraction of sp³-hybridized carbons (Fsp3) is 0.333. The fourth-order valence-electron chi connectivity index (χ4n) is 1.79. The second-order valence-corrected chi connectivity index (χ2v) is 5.11. The maximum atomic E-state index is 11.8. The molecule has 5 nitrogen and oxygen atoms in total. The summed E-state index contributed by atoms with van der Waals surface area (Å²) in [5.41, 5.74) is 2.65. The van der Waals surface area contributed by atoms with E-state index >= 15 is 0 Å². The van der Waals surface area contributed by atoms with Gasteiger partial charge in [-0.05, 0) is 29.7 Å². The lowest BCUT2D eigenvalue weighted by atomic mass is 10.0. The quantitative estimate of drug-likeness (QED) is 0.783. The van der Waals surface area contributed by atoms with Crippen LogP contribution in [-0.4, -0.2) is 27.3 Å². The second-order valence-electron chi connectivity index (χ2n) is 5.11. The van der Waals surface area contributed by atoms with Crippen LogP contribution in [-0.2, 0) is 4.79 Å². The minimum absolute atomic E-state index is 0.0727. The number of hydrogen-bond acceptors (Lipinski definition) is 3. The Bertz CT molecular complexity index is 547. The van der Waals surface area contributed by atoms with E-state index in [0.29, 0.717) is 5.69 Å².